The van der Waals surface area contributed by atoms with E-state index in [0.717, 1.165) is 18.4 Å². The Hall–Kier alpha value is -1.26. The highest BCUT2D eigenvalue weighted by atomic mass is 35.5. The Morgan fingerprint density at radius 3 is 2.90 bits per heavy atom. The van der Waals surface area contributed by atoms with Crippen LogP contribution in [0.1, 0.15) is 32.3 Å². The van der Waals surface area contributed by atoms with Crippen molar-refractivity contribution in [2.45, 2.75) is 39.2 Å². The minimum Gasteiger partial charge on any atom is -0.482 e. The second kappa shape index (κ2) is 8.82. The van der Waals surface area contributed by atoms with Crippen molar-refractivity contribution in [2.24, 2.45) is 5.73 Å². The van der Waals surface area contributed by atoms with Crippen molar-refractivity contribution < 1.29 is 9.53 Å². The molecule has 0 radical (unpaired) electrons. The van der Waals surface area contributed by atoms with Crippen LogP contribution in [0.15, 0.2) is 18.2 Å². The van der Waals surface area contributed by atoms with Crippen LogP contribution in [0.4, 0.5) is 0 Å². The summed E-state index contributed by atoms with van der Waals surface area (Å²) in [4.78, 5) is 11.6. The first-order valence-corrected chi connectivity index (χ1v) is 7.34. The minimum absolute atomic E-state index is 0.00852. The first-order valence-electron chi connectivity index (χ1n) is 6.97. The van der Waals surface area contributed by atoms with Gasteiger partial charge in [0.2, 0.25) is 0 Å². The summed E-state index contributed by atoms with van der Waals surface area (Å²) in [7, 11) is 0. The standard InChI is InChI=1S/C15H23ClN2O2/c1-3-4-8-18-14(19)10-20-15-12(9-11(2)17)6-5-7-13(15)16/h5-7,11H,3-4,8-10,17H2,1-2H3,(H,18,19). The van der Waals surface area contributed by atoms with E-state index in [1.807, 2.05) is 19.1 Å². The number of hydrogen-bond acceptors (Lipinski definition) is 3. The lowest BCUT2D eigenvalue weighted by molar-refractivity contribution is -0.123. The molecule has 20 heavy (non-hydrogen) atoms. The summed E-state index contributed by atoms with van der Waals surface area (Å²) in [6, 6.07) is 5.53. The van der Waals surface area contributed by atoms with Crippen LogP contribution in [-0.2, 0) is 11.2 Å². The molecule has 0 spiro atoms. The molecule has 5 heteroatoms. The Balaban J connectivity index is 2.60. The van der Waals surface area contributed by atoms with Crippen molar-refractivity contribution in [3.8, 4) is 5.75 Å². The fourth-order valence-corrected chi connectivity index (χ4v) is 2.06. The van der Waals surface area contributed by atoms with Gasteiger partial charge in [-0.3, -0.25) is 4.79 Å². The van der Waals surface area contributed by atoms with E-state index in [1.165, 1.54) is 0 Å². The molecule has 1 aromatic rings. The van der Waals surface area contributed by atoms with Crippen LogP contribution < -0.4 is 15.8 Å². The number of halogens is 1. The molecule has 1 aromatic carbocycles. The number of carbonyl (C=O) groups excluding carboxylic acids is 1. The minimum atomic E-state index is -0.134. The number of ether oxygens (including phenoxy) is 1. The van der Waals surface area contributed by atoms with Crippen LogP contribution in [0.5, 0.6) is 5.75 Å². The summed E-state index contributed by atoms with van der Waals surface area (Å²) in [5.74, 6) is 0.419. The molecular weight excluding hydrogens is 276 g/mol. The van der Waals surface area contributed by atoms with Gasteiger partial charge in [0.25, 0.3) is 5.91 Å². The molecule has 1 unspecified atom stereocenters. The van der Waals surface area contributed by atoms with E-state index in [9.17, 15) is 4.79 Å². The van der Waals surface area contributed by atoms with Gasteiger partial charge in [0.1, 0.15) is 5.75 Å². The van der Waals surface area contributed by atoms with Gasteiger partial charge in [0, 0.05) is 12.6 Å². The van der Waals surface area contributed by atoms with E-state index >= 15 is 0 Å². The SMILES string of the molecule is CCCCNC(=O)COc1c(Cl)cccc1CC(C)N. The monoisotopic (exact) mass is 298 g/mol. The smallest absolute Gasteiger partial charge is 0.257 e. The highest BCUT2D eigenvalue weighted by Crippen LogP contribution is 2.29. The van der Waals surface area contributed by atoms with Gasteiger partial charge in [-0.1, -0.05) is 37.1 Å². The molecule has 0 saturated carbocycles. The maximum absolute atomic E-state index is 11.6. The second-order valence-electron chi connectivity index (χ2n) is 4.90. The predicted octanol–water partition coefficient (Wildman–Crippen LogP) is 2.52. The van der Waals surface area contributed by atoms with E-state index in [0.29, 0.717) is 23.7 Å². The molecule has 4 nitrogen and oxygen atoms in total. The van der Waals surface area contributed by atoms with Crippen molar-refractivity contribution in [1.82, 2.24) is 5.32 Å². The van der Waals surface area contributed by atoms with Crippen molar-refractivity contribution in [3.05, 3.63) is 28.8 Å². The zero-order valence-corrected chi connectivity index (χ0v) is 12.9. The Bertz CT molecular complexity index is 436. The third kappa shape index (κ3) is 5.80. The van der Waals surface area contributed by atoms with E-state index in [2.05, 4.69) is 12.2 Å². The Labute approximate surface area is 125 Å². The Kier molecular flexibility index (Phi) is 7.41. The summed E-state index contributed by atoms with van der Waals surface area (Å²) < 4.78 is 5.56. The maximum Gasteiger partial charge on any atom is 0.257 e. The number of nitrogens with one attached hydrogen (secondary N) is 1. The van der Waals surface area contributed by atoms with Crippen molar-refractivity contribution in [3.63, 3.8) is 0 Å². The largest absolute Gasteiger partial charge is 0.482 e. The van der Waals surface area contributed by atoms with E-state index < -0.39 is 0 Å². The third-order valence-electron chi connectivity index (χ3n) is 2.79. The highest BCUT2D eigenvalue weighted by Gasteiger charge is 2.11. The number of hydrogen-bond donors (Lipinski definition) is 2. The number of rotatable bonds is 8. The van der Waals surface area contributed by atoms with Gasteiger partial charge in [-0.15, -0.1) is 0 Å². The lowest BCUT2D eigenvalue weighted by Crippen LogP contribution is -2.30. The van der Waals surface area contributed by atoms with Crippen molar-refractivity contribution in [2.75, 3.05) is 13.2 Å². The maximum atomic E-state index is 11.6. The molecule has 0 aliphatic heterocycles. The molecule has 0 aliphatic rings. The predicted molar refractivity (Wildman–Crippen MR) is 82.2 cm³/mol. The van der Waals surface area contributed by atoms with Gasteiger partial charge in [-0.25, -0.2) is 0 Å². The lowest BCUT2D eigenvalue weighted by atomic mass is 10.1. The fraction of sp³-hybridized carbons (Fsp3) is 0.533. The number of carbonyl (C=O) groups is 1. The van der Waals surface area contributed by atoms with Crippen LogP contribution in [0.2, 0.25) is 5.02 Å². The number of amides is 1. The van der Waals surface area contributed by atoms with Gasteiger partial charge in [0.05, 0.1) is 5.02 Å². The van der Waals surface area contributed by atoms with Crippen LogP contribution in [0.25, 0.3) is 0 Å². The molecular formula is C15H23ClN2O2. The molecule has 112 valence electrons. The number of benzene rings is 1. The second-order valence-corrected chi connectivity index (χ2v) is 5.31. The summed E-state index contributed by atoms with van der Waals surface area (Å²) in [5.41, 5.74) is 6.73. The Morgan fingerprint density at radius 2 is 2.25 bits per heavy atom. The molecule has 1 rings (SSSR count). The quantitative estimate of drug-likeness (QED) is 0.725. The third-order valence-corrected chi connectivity index (χ3v) is 3.09. The zero-order chi connectivity index (χ0) is 15.0. The van der Waals surface area contributed by atoms with E-state index in [4.69, 9.17) is 22.1 Å². The summed E-state index contributed by atoms with van der Waals surface area (Å²) in [6.45, 7) is 4.64. The van der Waals surface area contributed by atoms with Gasteiger partial charge < -0.3 is 15.8 Å². The normalized spacial score (nSPS) is 12.0. The molecule has 0 saturated heterocycles. The zero-order valence-electron chi connectivity index (χ0n) is 12.1. The molecule has 0 fully saturated rings. The van der Waals surface area contributed by atoms with E-state index in [1.54, 1.807) is 6.07 Å². The van der Waals surface area contributed by atoms with Crippen LogP contribution in [0.3, 0.4) is 0 Å². The van der Waals surface area contributed by atoms with Crippen LogP contribution >= 0.6 is 11.6 Å². The molecule has 1 amide bonds. The highest BCUT2D eigenvalue weighted by molar-refractivity contribution is 6.32. The summed E-state index contributed by atoms with van der Waals surface area (Å²) >= 11 is 6.13. The summed E-state index contributed by atoms with van der Waals surface area (Å²) in [6.07, 6.45) is 2.67. The van der Waals surface area contributed by atoms with Gasteiger partial charge >= 0.3 is 0 Å². The van der Waals surface area contributed by atoms with Crippen molar-refractivity contribution in [1.29, 1.82) is 0 Å². The first-order chi connectivity index (χ1) is 9.54. The van der Waals surface area contributed by atoms with E-state index in [-0.39, 0.29) is 18.6 Å². The molecule has 0 aliphatic carbocycles. The number of unbranched alkanes of at least 4 members (excludes halogenated alkanes) is 1. The molecule has 1 atom stereocenters. The Morgan fingerprint density at radius 1 is 1.50 bits per heavy atom. The molecule has 0 bridgehead atoms. The van der Waals surface area contributed by atoms with Crippen LogP contribution in [0, 0.1) is 0 Å². The number of nitrogens with two attached hydrogens (primary N) is 1. The molecule has 0 aromatic heterocycles. The fourth-order valence-electron chi connectivity index (χ4n) is 1.82. The van der Waals surface area contributed by atoms with Gasteiger partial charge in [-0.2, -0.15) is 0 Å². The van der Waals surface area contributed by atoms with Gasteiger partial charge in [-0.05, 0) is 31.4 Å². The van der Waals surface area contributed by atoms with Crippen LogP contribution in [-0.4, -0.2) is 25.1 Å². The number of para-hydroxylation sites is 1. The average molecular weight is 299 g/mol. The van der Waals surface area contributed by atoms with Gasteiger partial charge in [0.15, 0.2) is 6.61 Å². The molecule has 0 heterocycles. The topological polar surface area (TPSA) is 64.3 Å². The first kappa shape index (κ1) is 16.8. The average Bonchev–Trinajstić information content (AvgIpc) is 2.37. The summed E-state index contributed by atoms with van der Waals surface area (Å²) in [5, 5.41) is 3.31. The lowest BCUT2D eigenvalue weighted by Gasteiger charge is -2.14. The molecule has 3 N–H and O–H groups in total. The van der Waals surface area contributed by atoms with Crippen molar-refractivity contribution >= 4 is 17.5 Å².